The zero-order chi connectivity index (χ0) is 7.84. The van der Waals surface area contributed by atoms with Crippen LogP contribution in [0.4, 0.5) is 4.79 Å². The molecule has 0 spiro atoms. The summed E-state index contributed by atoms with van der Waals surface area (Å²) in [6.07, 6.45) is -0.652. The topological polar surface area (TPSA) is 35.5 Å². The molecule has 1 aromatic carbocycles. The Balaban J connectivity index is 2.60. The van der Waals surface area contributed by atoms with Gasteiger partial charge in [-0.15, -0.1) is 0 Å². The van der Waals surface area contributed by atoms with E-state index < -0.39 is 6.16 Å². The van der Waals surface area contributed by atoms with Gasteiger partial charge in [0.05, 0.1) is 0 Å². The second kappa shape index (κ2) is 1.99. The minimum atomic E-state index is -0.652. The molecule has 0 radical (unpaired) electrons. The first-order valence-electron chi connectivity index (χ1n) is 3.26. The third kappa shape index (κ3) is 0.852. The summed E-state index contributed by atoms with van der Waals surface area (Å²) >= 11 is 0. The predicted octanol–water partition coefficient (Wildman–Crippen LogP) is 1.89. The van der Waals surface area contributed by atoms with Crippen LogP contribution in [0.3, 0.4) is 0 Å². The molecule has 0 saturated heterocycles. The van der Waals surface area contributed by atoms with Gasteiger partial charge < -0.3 is 9.47 Å². The Morgan fingerprint density at radius 1 is 1.18 bits per heavy atom. The summed E-state index contributed by atoms with van der Waals surface area (Å²) in [7, 11) is 0. The van der Waals surface area contributed by atoms with E-state index >= 15 is 0 Å². The van der Waals surface area contributed by atoms with Crippen molar-refractivity contribution in [2.75, 3.05) is 0 Å². The van der Waals surface area contributed by atoms with Gasteiger partial charge >= 0.3 is 6.16 Å². The number of carbonyl (C=O) groups is 1. The Bertz CT molecular complexity index is 291. The highest BCUT2D eigenvalue weighted by atomic mass is 16.7. The summed E-state index contributed by atoms with van der Waals surface area (Å²) in [6, 6.07) is 5.25. The molecule has 3 nitrogen and oxygen atoms in total. The normalized spacial score (nSPS) is 13.7. The second-order valence-electron chi connectivity index (χ2n) is 2.33. The molecule has 0 aliphatic carbocycles. The molecule has 2 rings (SSSR count). The van der Waals surface area contributed by atoms with Gasteiger partial charge in [-0.3, -0.25) is 0 Å². The average Bonchev–Trinajstić information content (AvgIpc) is 1.92. The van der Waals surface area contributed by atoms with Crippen molar-refractivity contribution in [1.82, 2.24) is 0 Å². The minimum Gasteiger partial charge on any atom is -0.394 e. The molecule has 0 amide bonds. The van der Waals surface area contributed by atoms with Crippen LogP contribution in [0, 0.1) is 6.92 Å². The van der Waals surface area contributed by atoms with Gasteiger partial charge in [-0.05, 0) is 19.1 Å². The summed E-state index contributed by atoms with van der Waals surface area (Å²) in [6.45, 7) is 1.84. The highest BCUT2D eigenvalue weighted by Gasteiger charge is 2.19. The van der Waals surface area contributed by atoms with Crippen molar-refractivity contribution >= 4 is 6.16 Å². The monoisotopic (exact) mass is 150 g/mol. The van der Waals surface area contributed by atoms with Crippen LogP contribution < -0.4 is 9.47 Å². The second-order valence-corrected chi connectivity index (χ2v) is 2.33. The van der Waals surface area contributed by atoms with Crippen LogP contribution in [0.2, 0.25) is 0 Å². The van der Waals surface area contributed by atoms with Gasteiger partial charge in [-0.2, -0.15) is 0 Å². The molecule has 3 heteroatoms. The largest absolute Gasteiger partial charge is 0.519 e. The molecule has 1 aromatic rings. The van der Waals surface area contributed by atoms with Gasteiger partial charge in [-0.25, -0.2) is 4.79 Å². The van der Waals surface area contributed by atoms with Gasteiger partial charge in [0, 0.05) is 5.56 Å². The lowest BCUT2D eigenvalue weighted by Crippen LogP contribution is -2.19. The Kier molecular flexibility index (Phi) is 1.12. The molecule has 11 heavy (non-hydrogen) atoms. The number of fused-ring (bicyclic) bond motifs is 2. The Labute approximate surface area is 63.5 Å². The van der Waals surface area contributed by atoms with E-state index in [1.165, 1.54) is 0 Å². The number of benzene rings is 1. The first-order chi connectivity index (χ1) is 5.27. The Morgan fingerprint density at radius 3 is 2.27 bits per heavy atom. The number of hydrogen-bond acceptors (Lipinski definition) is 3. The number of rotatable bonds is 0. The molecule has 0 atom stereocenters. The first-order valence-corrected chi connectivity index (χ1v) is 3.26. The van der Waals surface area contributed by atoms with E-state index in [1.54, 1.807) is 18.2 Å². The quantitative estimate of drug-likeness (QED) is 0.418. The van der Waals surface area contributed by atoms with E-state index in [9.17, 15) is 4.79 Å². The summed E-state index contributed by atoms with van der Waals surface area (Å²) in [5.74, 6) is 1.16. The molecule has 1 aliphatic heterocycles. The molecule has 0 aromatic heterocycles. The highest BCUT2D eigenvalue weighted by Crippen LogP contribution is 2.31. The number of ether oxygens (including phenoxy) is 2. The van der Waals surface area contributed by atoms with Crippen LogP contribution in [-0.4, -0.2) is 6.16 Å². The fourth-order valence-corrected chi connectivity index (χ4v) is 1.02. The zero-order valence-electron chi connectivity index (χ0n) is 5.96. The number of carbonyl (C=O) groups excluding carboxylic acids is 1. The summed E-state index contributed by atoms with van der Waals surface area (Å²) in [5, 5.41) is 0. The maximum Gasteiger partial charge on any atom is 0.519 e. The summed E-state index contributed by atoms with van der Waals surface area (Å²) < 4.78 is 9.52. The standard InChI is InChI=1S/C8H6O3/c1-5-6-3-2-4-7(5)11-8(9)10-6/h2-4H,1H3. The summed E-state index contributed by atoms with van der Waals surface area (Å²) in [5.41, 5.74) is 0.868. The van der Waals surface area contributed by atoms with Crippen LogP contribution in [0.15, 0.2) is 18.2 Å². The molecular formula is C8H6O3. The fourth-order valence-electron chi connectivity index (χ4n) is 1.02. The third-order valence-corrected chi connectivity index (χ3v) is 1.62. The van der Waals surface area contributed by atoms with E-state index in [2.05, 4.69) is 0 Å². The predicted molar refractivity (Wildman–Crippen MR) is 37.8 cm³/mol. The lowest BCUT2D eigenvalue weighted by molar-refractivity contribution is 0.145. The van der Waals surface area contributed by atoms with Gasteiger partial charge in [0.25, 0.3) is 0 Å². The van der Waals surface area contributed by atoms with Crippen LogP contribution in [0.1, 0.15) is 5.56 Å². The third-order valence-electron chi connectivity index (χ3n) is 1.62. The minimum absolute atomic E-state index is 0.582. The molecule has 56 valence electrons. The zero-order valence-corrected chi connectivity index (χ0v) is 5.96. The SMILES string of the molecule is Cc1c2cccc1OC(=O)O2. The van der Waals surface area contributed by atoms with Gasteiger partial charge in [-0.1, -0.05) is 6.07 Å². The van der Waals surface area contributed by atoms with Crippen LogP contribution in [0.5, 0.6) is 11.5 Å². The molecule has 0 saturated carbocycles. The fraction of sp³-hybridized carbons (Fsp3) is 0.125. The van der Waals surface area contributed by atoms with Gasteiger partial charge in [0.1, 0.15) is 11.5 Å². The number of hydrogen-bond donors (Lipinski definition) is 0. The Morgan fingerprint density at radius 2 is 1.73 bits per heavy atom. The van der Waals surface area contributed by atoms with E-state index in [-0.39, 0.29) is 0 Å². The Hall–Kier alpha value is -1.51. The van der Waals surface area contributed by atoms with Crippen molar-refractivity contribution in [3.8, 4) is 11.5 Å². The van der Waals surface area contributed by atoms with Crippen molar-refractivity contribution in [1.29, 1.82) is 0 Å². The molecule has 1 aliphatic rings. The lowest BCUT2D eigenvalue weighted by Gasteiger charge is -2.15. The van der Waals surface area contributed by atoms with Crippen molar-refractivity contribution < 1.29 is 14.3 Å². The molecule has 2 bridgehead atoms. The molecule has 0 fully saturated rings. The van der Waals surface area contributed by atoms with Crippen molar-refractivity contribution in [3.05, 3.63) is 23.8 Å². The van der Waals surface area contributed by atoms with Crippen LogP contribution in [0.25, 0.3) is 0 Å². The van der Waals surface area contributed by atoms with E-state index in [4.69, 9.17) is 9.47 Å². The van der Waals surface area contributed by atoms with Crippen molar-refractivity contribution in [2.45, 2.75) is 6.92 Å². The van der Waals surface area contributed by atoms with Gasteiger partial charge in [0.2, 0.25) is 0 Å². The molecular weight excluding hydrogens is 144 g/mol. The van der Waals surface area contributed by atoms with Crippen molar-refractivity contribution in [2.24, 2.45) is 0 Å². The highest BCUT2D eigenvalue weighted by molar-refractivity contribution is 5.72. The molecule has 1 heterocycles. The van der Waals surface area contributed by atoms with E-state index in [0.717, 1.165) is 5.56 Å². The lowest BCUT2D eigenvalue weighted by atomic mass is 10.2. The van der Waals surface area contributed by atoms with Crippen LogP contribution >= 0.6 is 0 Å². The first kappa shape index (κ1) is 6.22. The average molecular weight is 150 g/mol. The molecule has 0 N–H and O–H groups in total. The van der Waals surface area contributed by atoms with Crippen molar-refractivity contribution in [3.63, 3.8) is 0 Å². The summed E-state index contributed by atoms with van der Waals surface area (Å²) in [4.78, 5) is 10.7. The van der Waals surface area contributed by atoms with Gasteiger partial charge in [0.15, 0.2) is 0 Å². The maximum absolute atomic E-state index is 10.7. The molecule has 0 unspecified atom stereocenters. The van der Waals surface area contributed by atoms with Crippen LogP contribution in [-0.2, 0) is 0 Å². The maximum atomic E-state index is 10.7. The van der Waals surface area contributed by atoms with E-state index in [1.807, 2.05) is 6.92 Å². The smallest absolute Gasteiger partial charge is 0.394 e. The van der Waals surface area contributed by atoms with E-state index in [0.29, 0.717) is 11.5 Å².